The Hall–Kier alpha value is -2.03. The zero-order valence-corrected chi connectivity index (χ0v) is 8.40. The summed E-state index contributed by atoms with van der Waals surface area (Å²) in [5, 5.41) is 9.25. The molecule has 0 bridgehead atoms. The van der Waals surface area contributed by atoms with Crippen LogP contribution in [0.2, 0.25) is 0 Å². The summed E-state index contributed by atoms with van der Waals surface area (Å²) in [5.41, 5.74) is 1.29. The molecule has 0 aliphatic carbocycles. The monoisotopic (exact) mass is 201 g/mol. The quantitative estimate of drug-likeness (QED) is 0.759. The van der Waals surface area contributed by atoms with Crippen LogP contribution in [0.3, 0.4) is 0 Å². The van der Waals surface area contributed by atoms with E-state index in [9.17, 15) is 5.11 Å². The molecule has 3 nitrogen and oxygen atoms in total. The maximum Gasteiger partial charge on any atom is 0.226 e. The van der Waals surface area contributed by atoms with Crippen molar-refractivity contribution < 1.29 is 9.52 Å². The van der Waals surface area contributed by atoms with Gasteiger partial charge in [0.2, 0.25) is 5.89 Å². The van der Waals surface area contributed by atoms with Crippen LogP contribution in [-0.4, -0.2) is 10.1 Å². The van der Waals surface area contributed by atoms with Crippen LogP contribution in [0.25, 0.3) is 17.2 Å². The number of aryl methyl sites for hydroxylation is 1. The molecule has 0 fully saturated rings. The van der Waals surface area contributed by atoms with Crippen molar-refractivity contribution in [2.24, 2.45) is 0 Å². The number of aliphatic hydroxyl groups excluding tert-OH is 1. The molecule has 1 aromatic carbocycles. The molecule has 0 unspecified atom stereocenters. The van der Waals surface area contributed by atoms with Crippen LogP contribution in [-0.2, 0) is 0 Å². The lowest BCUT2D eigenvalue weighted by atomic mass is 10.2. The number of oxazole rings is 1. The average molecular weight is 201 g/mol. The van der Waals surface area contributed by atoms with E-state index in [4.69, 9.17) is 4.42 Å². The Morgan fingerprint density at radius 1 is 1.33 bits per heavy atom. The van der Waals surface area contributed by atoms with E-state index in [1.165, 1.54) is 0 Å². The summed E-state index contributed by atoms with van der Waals surface area (Å²) in [6.07, 6.45) is 0. The summed E-state index contributed by atoms with van der Waals surface area (Å²) in [5.74, 6) is 0.998. The molecule has 0 spiro atoms. The van der Waals surface area contributed by atoms with Crippen LogP contribution in [0.5, 0.6) is 0 Å². The normalized spacial score (nSPS) is 10.2. The van der Waals surface area contributed by atoms with Crippen molar-refractivity contribution in [2.75, 3.05) is 0 Å². The summed E-state index contributed by atoms with van der Waals surface area (Å²) in [6.45, 7) is 5.17. The van der Waals surface area contributed by atoms with E-state index in [-0.39, 0.29) is 5.76 Å². The van der Waals surface area contributed by atoms with Gasteiger partial charge in [-0.1, -0.05) is 24.8 Å². The van der Waals surface area contributed by atoms with Crippen LogP contribution < -0.4 is 0 Å². The minimum atomic E-state index is -0.0709. The Labute approximate surface area is 87.7 Å². The first kappa shape index (κ1) is 9.52. The fourth-order valence-electron chi connectivity index (χ4n) is 1.37. The Balaban J connectivity index is 2.48. The maximum absolute atomic E-state index is 9.25. The molecule has 0 saturated carbocycles. The van der Waals surface area contributed by atoms with Gasteiger partial charge in [-0.2, -0.15) is 0 Å². The van der Waals surface area contributed by atoms with Crippen molar-refractivity contribution in [2.45, 2.75) is 6.92 Å². The predicted octanol–water partition coefficient (Wildman–Crippen LogP) is 3.18. The lowest BCUT2D eigenvalue weighted by molar-refractivity contribution is 0.504. The molecule has 1 aromatic heterocycles. The van der Waals surface area contributed by atoms with Gasteiger partial charge in [0.15, 0.2) is 0 Å². The van der Waals surface area contributed by atoms with Crippen LogP contribution in [0.1, 0.15) is 11.5 Å². The smallest absolute Gasteiger partial charge is 0.226 e. The molecule has 0 aliphatic rings. The van der Waals surface area contributed by atoms with Gasteiger partial charge in [0, 0.05) is 5.56 Å². The second-order valence-corrected chi connectivity index (χ2v) is 3.24. The first-order valence-corrected chi connectivity index (χ1v) is 4.59. The zero-order valence-electron chi connectivity index (χ0n) is 8.40. The van der Waals surface area contributed by atoms with E-state index in [2.05, 4.69) is 11.6 Å². The summed E-state index contributed by atoms with van der Waals surface area (Å²) in [6, 6.07) is 9.53. The highest BCUT2D eigenvalue weighted by Gasteiger charge is 2.12. The van der Waals surface area contributed by atoms with Crippen LogP contribution in [0, 0.1) is 6.92 Å². The second-order valence-electron chi connectivity index (χ2n) is 3.24. The molecule has 0 radical (unpaired) electrons. The van der Waals surface area contributed by atoms with Crippen molar-refractivity contribution in [1.29, 1.82) is 0 Å². The van der Waals surface area contributed by atoms with Gasteiger partial charge in [-0.3, -0.25) is 0 Å². The fourth-order valence-corrected chi connectivity index (χ4v) is 1.37. The number of aliphatic hydroxyl groups is 1. The highest BCUT2D eigenvalue weighted by atomic mass is 16.4. The second kappa shape index (κ2) is 3.61. The first-order chi connectivity index (χ1) is 7.18. The average Bonchev–Trinajstić information content (AvgIpc) is 2.62. The Morgan fingerprint density at radius 2 is 2.00 bits per heavy atom. The molecule has 0 saturated heterocycles. The third-order valence-corrected chi connectivity index (χ3v) is 2.09. The molecular weight excluding hydrogens is 190 g/mol. The van der Waals surface area contributed by atoms with Crippen LogP contribution >= 0.6 is 0 Å². The molecular formula is C12H11NO2. The van der Waals surface area contributed by atoms with Gasteiger partial charge < -0.3 is 9.52 Å². The molecule has 0 amide bonds. The van der Waals surface area contributed by atoms with E-state index in [0.717, 1.165) is 5.56 Å². The number of hydrogen-bond acceptors (Lipinski definition) is 3. The summed E-state index contributed by atoms with van der Waals surface area (Å²) in [7, 11) is 0. The number of hydrogen-bond donors (Lipinski definition) is 1. The largest absolute Gasteiger partial charge is 0.506 e. The molecule has 2 aromatic rings. The van der Waals surface area contributed by atoms with Gasteiger partial charge in [0.25, 0.3) is 0 Å². The number of aromatic nitrogens is 1. The lowest BCUT2D eigenvalue weighted by Crippen LogP contribution is -1.83. The van der Waals surface area contributed by atoms with Gasteiger partial charge in [0.05, 0.1) is 0 Å². The molecule has 3 heteroatoms. The summed E-state index contributed by atoms with van der Waals surface area (Å²) in [4.78, 5) is 4.16. The molecule has 2 rings (SSSR count). The van der Waals surface area contributed by atoms with Gasteiger partial charge in [0.1, 0.15) is 17.2 Å². The minimum Gasteiger partial charge on any atom is -0.506 e. The van der Waals surface area contributed by atoms with Crippen LogP contribution in [0.4, 0.5) is 0 Å². The maximum atomic E-state index is 9.25. The summed E-state index contributed by atoms with van der Waals surface area (Å²) < 4.78 is 5.43. The molecule has 1 heterocycles. The SMILES string of the molecule is C=C(O)c1nc(-c2ccccc2)oc1C. The number of rotatable bonds is 2. The Bertz CT molecular complexity index is 486. The van der Waals surface area contributed by atoms with Gasteiger partial charge in [-0.05, 0) is 19.1 Å². The fraction of sp³-hybridized carbons (Fsp3) is 0.0833. The standard InChI is InChI=1S/C12H11NO2/c1-8(14)11-9(2)15-12(13-11)10-6-4-3-5-7-10/h3-7,14H,1H2,2H3. The first-order valence-electron chi connectivity index (χ1n) is 4.59. The molecule has 1 N–H and O–H groups in total. The van der Waals surface area contributed by atoms with Crippen molar-refractivity contribution in [3.8, 4) is 11.5 Å². The van der Waals surface area contributed by atoms with Gasteiger partial charge in [-0.25, -0.2) is 4.98 Å². The van der Waals surface area contributed by atoms with Gasteiger partial charge >= 0.3 is 0 Å². The zero-order chi connectivity index (χ0) is 10.8. The van der Waals surface area contributed by atoms with Crippen molar-refractivity contribution in [3.05, 3.63) is 48.4 Å². The number of nitrogens with zero attached hydrogens (tertiary/aromatic N) is 1. The molecule has 0 aliphatic heterocycles. The molecule has 0 atom stereocenters. The highest BCUT2D eigenvalue weighted by Crippen LogP contribution is 2.23. The van der Waals surface area contributed by atoms with Crippen LogP contribution in [0.15, 0.2) is 41.3 Å². The topological polar surface area (TPSA) is 46.3 Å². The van der Waals surface area contributed by atoms with Crippen molar-refractivity contribution in [1.82, 2.24) is 4.98 Å². The van der Waals surface area contributed by atoms with E-state index in [0.29, 0.717) is 17.3 Å². The lowest BCUT2D eigenvalue weighted by Gasteiger charge is -1.92. The van der Waals surface area contributed by atoms with E-state index >= 15 is 0 Å². The third-order valence-electron chi connectivity index (χ3n) is 2.09. The molecule has 76 valence electrons. The Kier molecular flexibility index (Phi) is 2.29. The highest BCUT2D eigenvalue weighted by molar-refractivity contribution is 5.60. The van der Waals surface area contributed by atoms with Gasteiger partial charge in [-0.15, -0.1) is 0 Å². The van der Waals surface area contributed by atoms with Crippen molar-refractivity contribution in [3.63, 3.8) is 0 Å². The Morgan fingerprint density at radius 3 is 2.53 bits per heavy atom. The summed E-state index contributed by atoms with van der Waals surface area (Å²) >= 11 is 0. The predicted molar refractivity (Wildman–Crippen MR) is 58.3 cm³/mol. The number of benzene rings is 1. The molecule has 15 heavy (non-hydrogen) atoms. The van der Waals surface area contributed by atoms with E-state index in [1.54, 1.807) is 6.92 Å². The minimum absolute atomic E-state index is 0.0709. The van der Waals surface area contributed by atoms with E-state index < -0.39 is 0 Å². The van der Waals surface area contributed by atoms with E-state index in [1.807, 2.05) is 30.3 Å². The third kappa shape index (κ3) is 1.76. The van der Waals surface area contributed by atoms with Crippen molar-refractivity contribution >= 4 is 5.76 Å².